The number of likely N-dealkylation sites (tertiary alicyclic amines) is 1. The van der Waals surface area contributed by atoms with Crippen LogP contribution in [0.2, 0.25) is 0 Å². The highest BCUT2D eigenvalue weighted by molar-refractivity contribution is 5.79. The smallest absolute Gasteiger partial charge is 0.323 e. The van der Waals surface area contributed by atoms with Gasteiger partial charge >= 0.3 is 5.97 Å². The van der Waals surface area contributed by atoms with Crippen molar-refractivity contribution in [2.45, 2.75) is 58.0 Å². The number of rotatable bonds is 5. The van der Waals surface area contributed by atoms with Gasteiger partial charge in [0.05, 0.1) is 0 Å². The third-order valence-corrected chi connectivity index (χ3v) is 5.14. The molecule has 2 rings (SSSR count). The maximum atomic E-state index is 11.6. The van der Waals surface area contributed by atoms with Gasteiger partial charge in [-0.25, -0.2) is 0 Å². The highest BCUT2D eigenvalue weighted by atomic mass is 16.4. The molecule has 4 atom stereocenters. The minimum absolute atomic E-state index is 0.452. The second kappa shape index (κ2) is 5.80. The molecular weight excluding hydrogens is 240 g/mol. The minimum Gasteiger partial charge on any atom is -0.480 e. The van der Waals surface area contributed by atoms with Gasteiger partial charge < -0.3 is 10.4 Å². The van der Waals surface area contributed by atoms with Crippen molar-refractivity contribution in [3.63, 3.8) is 0 Å². The Balaban J connectivity index is 1.99. The predicted molar refractivity (Wildman–Crippen MR) is 76.2 cm³/mol. The van der Waals surface area contributed by atoms with Gasteiger partial charge in [0.25, 0.3) is 0 Å². The Morgan fingerprint density at radius 1 is 1.37 bits per heavy atom. The van der Waals surface area contributed by atoms with E-state index < -0.39 is 11.5 Å². The Morgan fingerprint density at radius 2 is 2.00 bits per heavy atom. The van der Waals surface area contributed by atoms with Gasteiger partial charge in [0.2, 0.25) is 0 Å². The third kappa shape index (κ3) is 2.95. The zero-order valence-electron chi connectivity index (χ0n) is 12.5. The van der Waals surface area contributed by atoms with E-state index in [9.17, 15) is 9.90 Å². The topological polar surface area (TPSA) is 52.6 Å². The standard InChI is InChI=1S/C15H28N2O2/c1-4-7-16-15(14(18)19)6-5-13(8-15)17-9-11(2)12(3)10-17/h11-13,16H,4-10H2,1-3H3,(H,18,19). The van der Waals surface area contributed by atoms with Crippen LogP contribution in [0.5, 0.6) is 0 Å². The van der Waals surface area contributed by atoms with Crippen LogP contribution in [0.1, 0.15) is 46.5 Å². The normalized spacial score (nSPS) is 39.8. The molecule has 1 aliphatic heterocycles. The number of nitrogens with one attached hydrogen (secondary N) is 1. The monoisotopic (exact) mass is 268 g/mol. The average Bonchev–Trinajstić information content (AvgIpc) is 2.93. The third-order valence-electron chi connectivity index (χ3n) is 5.14. The molecule has 1 heterocycles. The van der Waals surface area contributed by atoms with E-state index in [1.807, 2.05) is 0 Å². The molecule has 0 radical (unpaired) electrons. The molecule has 19 heavy (non-hydrogen) atoms. The molecule has 1 saturated carbocycles. The summed E-state index contributed by atoms with van der Waals surface area (Å²) in [5.74, 6) is 0.815. The Morgan fingerprint density at radius 3 is 2.53 bits per heavy atom. The van der Waals surface area contributed by atoms with Gasteiger partial charge in [-0.2, -0.15) is 0 Å². The van der Waals surface area contributed by atoms with E-state index in [2.05, 4.69) is 31.0 Å². The highest BCUT2D eigenvalue weighted by Crippen LogP contribution is 2.36. The number of carbonyl (C=O) groups is 1. The molecule has 0 aromatic rings. The van der Waals surface area contributed by atoms with Crippen LogP contribution in [0, 0.1) is 11.8 Å². The van der Waals surface area contributed by atoms with E-state index >= 15 is 0 Å². The Hall–Kier alpha value is -0.610. The first kappa shape index (κ1) is 14.8. The summed E-state index contributed by atoms with van der Waals surface area (Å²) in [7, 11) is 0. The number of nitrogens with zero attached hydrogens (tertiary/aromatic N) is 1. The van der Waals surface area contributed by atoms with E-state index in [1.54, 1.807) is 0 Å². The van der Waals surface area contributed by atoms with Crippen LogP contribution in [0.4, 0.5) is 0 Å². The molecule has 0 spiro atoms. The van der Waals surface area contributed by atoms with E-state index in [-0.39, 0.29) is 0 Å². The summed E-state index contributed by atoms with van der Waals surface area (Å²) < 4.78 is 0. The summed E-state index contributed by atoms with van der Waals surface area (Å²) in [5.41, 5.74) is -0.671. The second-order valence-corrected chi connectivity index (χ2v) is 6.62. The minimum atomic E-state index is -0.671. The van der Waals surface area contributed by atoms with E-state index in [1.165, 1.54) is 0 Å². The van der Waals surface area contributed by atoms with Crippen molar-refractivity contribution in [3.05, 3.63) is 0 Å². The van der Waals surface area contributed by atoms with Gasteiger partial charge in [0.15, 0.2) is 0 Å². The summed E-state index contributed by atoms with van der Waals surface area (Å²) >= 11 is 0. The molecule has 0 aromatic heterocycles. The lowest BCUT2D eigenvalue weighted by atomic mass is 9.97. The maximum absolute atomic E-state index is 11.6. The van der Waals surface area contributed by atoms with Crippen molar-refractivity contribution >= 4 is 5.97 Å². The van der Waals surface area contributed by atoms with Crippen molar-refractivity contribution in [2.24, 2.45) is 11.8 Å². The average molecular weight is 268 g/mol. The SMILES string of the molecule is CCCNC1(C(=O)O)CCC(N2CC(C)C(C)C2)C1. The van der Waals surface area contributed by atoms with Crippen LogP contribution in [0.15, 0.2) is 0 Å². The first-order valence-corrected chi connectivity index (χ1v) is 7.71. The molecule has 2 fully saturated rings. The zero-order chi connectivity index (χ0) is 14.0. The molecule has 4 unspecified atom stereocenters. The Bertz CT molecular complexity index is 324. The molecule has 0 amide bonds. The van der Waals surface area contributed by atoms with Gasteiger partial charge in [-0.15, -0.1) is 0 Å². The number of aliphatic carboxylic acids is 1. The second-order valence-electron chi connectivity index (χ2n) is 6.62. The summed E-state index contributed by atoms with van der Waals surface area (Å²) in [5, 5.41) is 12.9. The molecule has 4 heteroatoms. The molecule has 2 aliphatic rings. The number of carboxylic acids is 1. The lowest BCUT2D eigenvalue weighted by molar-refractivity contribution is -0.144. The van der Waals surface area contributed by atoms with Crippen molar-refractivity contribution in [1.29, 1.82) is 0 Å². The molecular formula is C15H28N2O2. The first-order valence-electron chi connectivity index (χ1n) is 7.71. The van der Waals surface area contributed by atoms with Crippen molar-refractivity contribution in [3.8, 4) is 0 Å². The van der Waals surface area contributed by atoms with Crippen LogP contribution >= 0.6 is 0 Å². The molecule has 1 saturated heterocycles. The van der Waals surface area contributed by atoms with Crippen molar-refractivity contribution in [1.82, 2.24) is 10.2 Å². The Kier molecular flexibility index (Phi) is 4.51. The number of hydrogen-bond acceptors (Lipinski definition) is 3. The maximum Gasteiger partial charge on any atom is 0.323 e. The van der Waals surface area contributed by atoms with Gasteiger partial charge in [-0.3, -0.25) is 9.69 Å². The van der Waals surface area contributed by atoms with E-state index in [0.29, 0.717) is 6.04 Å². The molecule has 0 aromatic carbocycles. The lowest BCUT2D eigenvalue weighted by Crippen LogP contribution is -2.51. The van der Waals surface area contributed by atoms with Crippen molar-refractivity contribution in [2.75, 3.05) is 19.6 Å². The van der Waals surface area contributed by atoms with Gasteiger partial charge in [-0.05, 0) is 44.1 Å². The summed E-state index contributed by atoms with van der Waals surface area (Å²) in [6.45, 7) is 9.76. The predicted octanol–water partition coefficient (Wildman–Crippen LogP) is 1.95. The number of carboxylic acid groups (broad SMARTS) is 1. The van der Waals surface area contributed by atoms with Gasteiger partial charge in [-0.1, -0.05) is 20.8 Å². The Labute approximate surface area is 116 Å². The fraction of sp³-hybridized carbons (Fsp3) is 0.933. The van der Waals surface area contributed by atoms with Gasteiger partial charge in [0.1, 0.15) is 5.54 Å². The van der Waals surface area contributed by atoms with Gasteiger partial charge in [0, 0.05) is 19.1 Å². The van der Waals surface area contributed by atoms with Crippen LogP contribution in [-0.4, -0.2) is 47.2 Å². The molecule has 1 aliphatic carbocycles. The largest absolute Gasteiger partial charge is 0.480 e. The molecule has 2 N–H and O–H groups in total. The first-order chi connectivity index (χ1) is 8.98. The van der Waals surface area contributed by atoms with Crippen LogP contribution < -0.4 is 5.32 Å². The van der Waals surface area contributed by atoms with Crippen LogP contribution in [0.3, 0.4) is 0 Å². The van der Waals surface area contributed by atoms with Crippen LogP contribution in [0.25, 0.3) is 0 Å². The quantitative estimate of drug-likeness (QED) is 0.800. The summed E-state index contributed by atoms with van der Waals surface area (Å²) in [4.78, 5) is 14.2. The highest BCUT2D eigenvalue weighted by Gasteiger charge is 2.47. The van der Waals surface area contributed by atoms with E-state index in [0.717, 1.165) is 57.2 Å². The fourth-order valence-corrected chi connectivity index (χ4v) is 3.60. The lowest BCUT2D eigenvalue weighted by Gasteiger charge is -2.28. The van der Waals surface area contributed by atoms with Crippen LogP contribution in [-0.2, 0) is 4.79 Å². The fourth-order valence-electron chi connectivity index (χ4n) is 3.60. The number of hydrogen-bond donors (Lipinski definition) is 2. The summed E-state index contributed by atoms with van der Waals surface area (Å²) in [6, 6.07) is 0.452. The molecule has 110 valence electrons. The van der Waals surface area contributed by atoms with Crippen molar-refractivity contribution < 1.29 is 9.90 Å². The van der Waals surface area contributed by atoms with E-state index in [4.69, 9.17) is 0 Å². The summed E-state index contributed by atoms with van der Waals surface area (Å²) in [6.07, 6.45) is 3.54. The molecule has 4 nitrogen and oxygen atoms in total. The molecule has 0 bridgehead atoms. The zero-order valence-corrected chi connectivity index (χ0v) is 12.5.